The molecule has 0 radical (unpaired) electrons. The van der Waals surface area contributed by atoms with Gasteiger partial charge in [-0.05, 0) is 19.8 Å². The molecular formula is C9H14NO3-. The van der Waals surface area contributed by atoms with E-state index in [1.54, 1.807) is 13.0 Å². The van der Waals surface area contributed by atoms with E-state index >= 15 is 0 Å². The maximum atomic E-state index is 10.4. The van der Waals surface area contributed by atoms with Gasteiger partial charge >= 0.3 is 0 Å². The molecule has 0 amide bonds. The molecule has 0 aliphatic carbocycles. The molecule has 13 heavy (non-hydrogen) atoms. The predicted octanol–water partition coefficient (Wildman–Crippen LogP) is 0.0813. The first-order valence-corrected chi connectivity index (χ1v) is 4.33. The maximum absolute atomic E-state index is 10.4. The zero-order valence-corrected chi connectivity index (χ0v) is 7.95. The number of carbonyl (C=O) groups is 1. The zero-order valence-electron chi connectivity index (χ0n) is 7.95. The third kappa shape index (κ3) is 5.21. The molecule has 4 nitrogen and oxygen atoms in total. The van der Waals surface area contributed by atoms with Crippen molar-refractivity contribution in [3.05, 3.63) is 0 Å². The van der Waals surface area contributed by atoms with Crippen LogP contribution < -0.4 is 5.11 Å². The average molecular weight is 184 g/mol. The highest BCUT2D eigenvalue weighted by Crippen LogP contribution is 2.07. The van der Waals surface area contributed by atoms with Gasteiger partial charge < -0.3 is 14.6 Å². The van der Waals surface area contributed by atoms with Gasteiger partial charge in [-0.1, -0.05) is 6.92 Å². The van der Waals surface area contributed by atoms with Crippen molar-refractivity contribution in [2.75, 3.05) is 6.61 Å². The smallest absolute Gasteiger partial charge is 0.0882 e. The highest BCUT2D eigenvalue weighted by molar-refractivity contribution is 5.70. The number of hydrogen-bond donors (Lipinski definition) is 0. The Morgan fingerprint density at radius 2 is 2.31 bits per heavy atom. The van der Waals surface area contributed by atoms with Crippen LogP contribution in [0.1, 0.15) is 26.7 Å². The number of rotatable bonds is 6. The largest absolute Gasteiger partial charge is 0.549 e. The first-order chi connectivity index (χ1) is 6.11. The summed E-state index contributed by atoms with van der Waals surface area (Å²) in [6.45, 7) is 4.31. The van der Waals surface area contributed by atoms with Gasteiger partial charge in [0.2, 0.25) is 0 Å². The van der Waals surface area contributed by atoms with Crippen LogP contribution in [0.4, 0.5) is 0 Å². The van der Waals surface area contributed by atoms with Crippen LogP contribution in [0.2, 0.25) is 0 Å². The normalized spacial score (nSPS) is 14.5. The van der Waals surface area contributed by atoms with Crippen LogP contribution in [0.25, 0.3) is 0 Å². The molecule has 2 unspecified atom stereocenters. The summed E-state index contributed by atoms with van der Waals surface area (Å²) in [7, 11) is 0. The van der Waals surface area contributed by atoms with Gasteiger partial charge in [-0.25, -0.2) is 0 Å². The van der Waals surface area contributed by atoms with E-state index in [0.717, 1.165) is 6.42 Å². The molecule has 0 heterocycles. The lowest BCUT2D eigenvalue weighted by Gasteiger charge is -2.16. The van der Waals surface area contributed by atoms with Crippen LogP contribution in [0, 0.1) is 17.2 Å². The minimum Gasteiger partial charge on any atom is -0.549 e. The number of aliphatic carboxylic acids is 1. The summed E-state index contributed by atoms with van der Waals surface area (Å²) >= 11 is 0. The standard InChI is InChI=1S/C9H15NO3/c1-3-4-13-7(2)5-8(6-10)9(11)12/h7-8H,3-5H2,1-2H3,(H,11,12)/p-1. The van der Waals surface area contributed by atoms with E-state index in [0.29, 0.717) is 6.61 Å². The van der Waals surface area contributed by atoms with Crippen molar-refractivity contribution in [1.82, 2.24) is 0 Å². The number of carboxylic acid groups (broad SMARTS) is 1. The SMILES string of the molecule is CCCOC(C)CC(C#N)C(=O)[O-]. The lowest BCUT2D eigenvalue weighted by Crippen LogP contribution is -2.32. The molecule has 0 spiro atoms. The van der Waals surface area contributed by atoms with Crippen LogP contribution in [-0.4, -0.2) is 18.7 Å². The molecular weight excluding hydrogens is 170 g/mol. The fourth-order valence-corrected chi connectivity index (χ4v) is 0.921. The Labute approximate surface area is 78.1 Å². The number of nitrogens with zero attached hydrogens (tertiary/aromatic N) is 1. The van der Waals surface area contributed by atoms with Crippen molar-refractivity contribution in [3.63, 3.8) is 0 Å². The van der Waals surface area contributed by atoms with Crippen LogP contribution >= 0.6 is 0 Å². The van der Waals surface area contributed by atoms with E-state index in [4.69, 9.17) is 10.00 Å². The quantitative estimate of drug-likeness (QED) is 0.586. The zero-order chi connectivity index (χ0) is 10.3. The fourth-order valence-electron chi connectivity index (χ4n) is 0.921. The van der Waals surface area contributed by atoms with Crippen LogP contribution in [-0.2, 0) is 9.53 Å². The summed E-state index contributed by atoms with van der Waals surface area (Å²) in [6, 6.07) is 1.67. The number of carboxylic acids is 1. The van der Waals surface area contributed by atoms with E-state index in [1.807, 2.05) is 6.92 Å². The Morgan fingerprint density at radius 3 is 2.69 bits per heavy atom. The third-order valence-electron chi connectivity index (χ3n) is 1.61. The number of hydrogen-bond acceptors (Lipinski definition) is 4. The maximum Gasteiger partial charge on any atom is 0.0882 e. The molecule has 0 aliphatic rings. The highest BCUT2D eigenvalue weighted by atomic mass is 16.5. The van der Waals surface area contributed by atoms with E-state index in [-0.39, 0.29) is 12.5 Å². The molecule has 74 valence electrons. The molecule has 4 heteroatoms. The topological polar surface area (TPSA) is 73.1 Å². The molecule has 0 saturated heterocycles. The Bertz CT molecular complexity index is 198. The van der Waals surface area contributed by atoms with Crippen molar-refractivity contribution in [3.8, 4) is 6.07 Å². The minimum atomic E-state index is -1.32. The Hall–Kier alpha value is -1.08. The summed E-state index contributed by atoms with van der Waals surface area (Å²) in [6.07, 6.45) is 0.869. The lowest BCUT2D eigenvalue weighted by molar-refractivity contribution is -0.310. The minimum absolute atomic E-state index is 0.193. The summed E-state index contributed by atoms with van der Waals surface area (Å²) in [5.41, 5.74) is 0. The molecule has 2 atom stereocenters. The Kier molecular flexibility index (Phi) is 5.90. The third-order valence-corrected chi connectivity index (χ3v) is 1.61. The molecule has 0 rings (SSSR count). The number of carbonyl (C=O) groups excluding carboxylic acids is 1. The first kappa shape index (κ1) is 11.9. The van der Waals surface area contributed by atoms with Gasteiger partial charge in [0.1, 0.15) is 0 Å². The molecule has 0 aromatic carbocycles. The van der Waals surface area contributed by atoms with Crippen molar-refractivity contribution in [1.29, 1.82) is 5.26 Å². The summed E-state index contributed by atoms with van der Waals surface area (Å²) in [4.78, 5) is 10.4. The van der Waals surface area contributed by atoms with Crippen molar-refractivity contribution in [2.45, 2.75) is 32.8 Å². The number of nitriles is 1. The van der Waals surface area contributed by atoms with Crippen molar-refractivity contribution >= 4 is 5.97 Å². The van der Waals surface area contributed by atoms with Crippen molar-refractivity contribution < 1.29 is 14.6 Å². The van der Waals surface area contributed by atoms with Gasteiger partial charge in [0.25, 0.3) is 0 Å². The molecule has 0 aromatic rings. The van der Waals surface area contributed by atoms with Gasteiger partial charge in [-0.2, -0.15) is 5.26 Å². The molecule has 0 fully saturated rings. The average Bonchev–Trinajstić information content (AvgIpc) is 2.10. The van der Waals surface area contributed by atoms with Crippen LogP contribution in [0.3, 0.4) is 0 Å². The van der Waals surface area contributed by atoms with Gasteiger partial charge in [0.15, 0.2) is 0 Å². The Morgan fingerprint density at radius 1 is 1.69 bits per heavy atom. The first-order valence-electron chi connectivity index (χ1n) is 4.33. The molecule has 0 aliphatic heterocycles. The van der Waals surface area contributed by atoms with Gasteiger partial charge in [-0.15, -0.1) is 0 Å². The monoisotopic (exact) mass is 184 g/mol. The second-order valence-electron chi connectivity index (χ2n) is 2.92. The summed E-state index contributed by atoms with van der Waals surface area (Å²) in [5, 5.41) is 18.8. The van der Waals surface area contributed by atoms with Crippen molar-refractivity contribution in [2.24, 2.45) is 5.92 Å². The van der Waals surface area contributed by atoms with E-state index in [1.165, 1.54) is 0 Å². The summed E-state index contributed by atoms with van der Waals surface area (Å²) < 4.78 is 5.23. The Balaban J connectivity index is 3.82. The van der Waals surface area contributed by atoms with Gasteiger partial charge in [0.05, 0.1) is 24.1 Å². The van der Waals surface area contributed by atoms with Crippen LogP contribution in [0.5, 0.6) is 0 Å². The lowest BCUT2D eigenvalue weighted by atomic mass is 10.0. The molecule has 0 bridgehead atoms. The van der Waals surface area contributed by atoms with Gasteiger partial charge in [0, 0.05) is 6.61 Å². The van der Waals surface area contributed by atoms with E-state index in [2.05, 4.69) is 0 Å². The fraction of sp³-hybridized carbons (Fsp3) is 0.778. The van der Waals surface area contributed by atoms with Gasteiger partial charge in [-0.3, -0.25) is 0 Å². The second-order valence-corrected chi connectivity index (χ2v) is 2.92. The number of ether oxygens (including phenoxy) is 1. The second kappa shape index (κ2) is 6.44. The molecule has 0 aromatic heterocycles. The molecule has 0 N–H and O–H groups in total. The predicted molar refractivity (Wildman–Crippen MR) is 44.4 cm³/mol. The summed E-state index contributed by atoms with van der Waals surface area (Å²) in [5.74, 6) is -2.39. The molecule has 0 saturated carbocycles. The van der Waals surface area contributed by atoms with Crippen LogP contribution in [0.15, 0.2) is 0 Å². The van der Waals surface area contributed by atoms with E-state index < -0.39 is 11.9 Å². The van der Waals surface area contributed by atoms with E-state index in [9.17, 15) is 9.90 Å². The highest BCUT2D eigenvalue weighted by Gasteiger charge is 2.13.